The molecule has 0 aliphatic heterocycles. The molecule has 0 aliphatic rings. The smallest absolute Gasteiger partial charge is 0.408 e. The van der Waals surface area contributed by atoms with Gasteiger partial charge < -0.3 is 26.0 Å². The number of benzene rings is 2. The largest absolute Gasteiger partial charge is 0.504 e. The summed E-state index contributed by atoms with van der Waals surface area (Å²) < 4.78 is 5.04. The van der Waals surface area contributed by atoms with Crippen molar-refractivity contribution in [1.29, 1.82) is 0 Å². The lowest BCUT2D eigenvalue weighted by Gasteiger charge is -2.16. The van der Waals surface area contributed by atoms with Crippen molar-refractivity contribution in [2.24, 2.45) is 5.73 Å². The molecular formula is C17H18N2O5. The maximum Gasteiger partial charge on any atom is 0.408 e. The fourth-order valence-electron chi connectivity index (χ4n) is 2.06. The SMILES string of the molecule is NC(=O)[C@H](Cc1ccc(O)c(O)c1)NC(=O)OCc1ccccc1. The Labute approximate surface area is 138 Å². The molecule has 2 aromatic carbocycles. The minimum absolute atomic E-state index is 0.0591. The monoisotopic (exact) mass is 330 g/mol. The molecule has 2 amide bonds. The third kappa shape index (κ3) is 4.91. The zero-order chi connectivity index (χ0) is 17.5. The molecule has 0 fully saturated rings. The van der Waals surface area contributed by atoms with E-state index in [1.807, 2.05) is 18.2 Å². The van der Waals surface area contributed by atoms with E-state index in [0.717, 1.165) is 5.56 Å². The van der Waals surface area contributed by atoms with Gasteiger partial charge in [-0.2, -0.15) is 0 Å². The topological polar surface area (TPSA) is 122 Å². The fourth-order valence-corrected chi connectivity index (χ4v) is 2.06. The average molecular weight is 330 g/mol. The predicted octanol–water partition coefficient (Wildman–Crippen LogP) is 1.42. The van der Waals surface area contributed by atoms with Crippen molar-refractivity contribution in [3.05, 3.63) is 59.7 Å². The van der Waals surface area contributed by atoms with Crippen LogP contribution in [0.2, 0.25) is 0 Å². The predicted molar refractivity (Wildman–Crippen MR) is 86.2 cm³/mol. The minimum atomic E-state index is -1.00. The molecule has 0 aliphatic carbocycles. The quantitative estimate of drug-likeness (QED) is 0.597. The normalized spacial score (nSPS) is 11.5. The first-order chi connectivity index (χ1) is 11.5. The van der Waals surface area contributed by atoms with Crippen molar-refractivity contribution >= 4 is 12.0 Å². The van der Waals surface area contributed by atoms with E-state index in [1.165, 1.54) is 18.2 Å². The lowest BCUT2D eigenvalue weighted by molar-refractivity contribution is -0.119. The van der Waals surface area contributed by atoms with Crippen LogP contribution in [-0.4, -0.2) is 28.3 Å². The number of ether oxygens (including phenoxy) is 1. The molecular weight excluding hydrogens is 312 g/mol. The number of phenolic OH excluding ortho intramolecular Hbond substituents is 2. The summed E-state index contributed by atoms with van der Waals surface area (Å²) in [7, 11) is 0. The van der Waals surface area contributed by atoms with Crippen LogP contribution in [0.5, 0.6) is 11.5 Å². The number of nitrogens with one attached hydrogen (secondary N) is 1. The van der Waals surface area contributed by atoms with E-state index in [1.54, 1.807) is 12.1 Å². The zero-order valence-corrected chi connectivity index (χ0v) is 12.8. The molecule has 24 heavy (non-hydrogen) atoms. The molecule has 0 saturated heterocycles. The number of primary amides is 1. The zero-order valence-electron chi connectivity index (χ0n) is 12.8. The lowest BCUT2D eigenvalue weighted by atomic mass is 10.1. The second kappa shape index (κ2) is 7.87. The van der Waals surface area contributed by atoms with Crippen LogP contribution in [0.3, 0.4) is 0 Å². The van der Waals surface area contributed by atoms with Crippen molar-refractivity contribution < 1.29 is 24.5 Å². The van der Waals surface area contributed by atoms with E-state index < -0.39 is 18.0 Å². The fraction of sp³-hybridized carbons (Fsp3) is 0.176. The summed E-state index contributed by atoms with van der Waals surface area (Å²) in [5.41, 5.74) is 6.62. The van der Waals surface area contributed by atoms with Crippen LogP contribution in [0.25, 0.3) is 0 Å². The second-order valence-electron chi connectivity index (χ2n) is 5.19. The number of carbonyl (C=O) groups is 2. The Morgan fingerprint density at radius 2 is 1.75 bits per heavy atom. The summed E-state index contributed by atoms with van der Waals surface area (Å²) in [5, 5.41) is 21.1. The summed E-state index contributed by atoms with van der Waals surface area (Å²) in [4.78, 5) is 23.3. The molecule has 2 rings (SSSR count). The Kier molecular flexibility index (Phi) is 5.62. The number of aromatic hydroxyl groups is 2. The highest BCUT2D eigenvalue weighted by molar-refractivity contribution is 5.84. The standard InChI is InChI=1S/C17H18N2O5/c18-16(22)13(8-12-6-7-14(20)15(21)9-12)19-17(23)24-10-11-4-2-1-3-5-11/h1-7,9,13,20-21H,8,10H2,(H2,18,22)(H,19,23)/t13-/m0/s1. The Morgan fingerprint density at radius 1 is 1.04 bits per heavy atom. The molecule has 0 spiro atoms. The molecule has 0 saturated carbocycles. The number of amides is 2. The van der Waals surface area contributed by atoms with Gasteiger partial charge in [0.05, 0.1) is 0 Å². The van der Waals surface area contributed by atoms with Gasteiger partial charge in [-0.1, -0.05) is 36.4 Å². The van der Waals surface area contributed by atoms with Gasteiger partial charge in [0.15, 0.2) is 11.5 Å². The number of hydrogen-bond acceptors (Lipinski definition) is 5. The van der Waals surface area contributed by atoms with Crippen LogP contribution in [0, 0.1) is 0 Å². The van der Waals surface area contributed by atoms with Gasteiger partial charge in [-0.05, 0) is 23.3 Å². The summed E-state index contributed by atoms with van der Waals surface area (Å²) in [5.74, 6) is -1.33. The van der Waals surface area contributed by atoms with Gasteiger partial charge in [0.1, 0.15) is 12.6 Å². The number of hydrogen-bond donors (Lipinski definition) is 4. The second-order valence-corrected chi connectivity index (χ2v) is 5.19. The highest BCUT2D eigenvalue weighted by Crippen LogP contribution is 2.25. The molecule has 0 heterocycles. The van der Waals surface area contributed by atoms with Crippen molar-refractivity contribution in [3.63, 3.8) is 0 Å². The molecule has 1 atom stereocenters. The van der Waals surface area contributed by atoms with Gasteiger partial charge in [0.2, 0.25) is 5.91 Å². The van der Waals surface area contributed by atoms with Crippen LogP contribution in [0.15, 0.2) is 48.5 Å². The molecule has 0 bridgehead atoms. The average Bonchev–Trinajstić information content (AvgIpc) is 2.56. The maximum absolute atomic E-state index is 11.8. The van der Waals surface area contributed by atoms with Crippen LogP contribution in [-0.2, 0) is 22.6 Å². The van der Waals surface area contributed by atoms with E-state index in [4.69, 9.17) is 10.5 Å². The van der Waals surface area contributed by atoms with E-state index >= 15 is 0 Å². The van der Waals surface area contributed by atoms with Crippen LogP contribution < -0.4 is 11.1 Å². The Bertz CT molecular complexity index is 718. The molecule has 0 aromatic heterocycles. The van der Waals surface area contributed by atoms with Crippen molar-refractivity contribution in [3.8, 4) is 11.5 Å². The van der Waals surface area contributed by atoms with Crippen molar-refractivity contribution in [2.75, 3.05) is 0 Å². The van der Waals surface area contributed by atoms with Crippen LogP contribution in [0.1, 0.15) is 11.1 Å². The molecule has 5 N–H and O–H groups in total. The van der Waals surface area contributed by atoms with Crippen molar-refractivity contribution in [2.45, 2.75) is 19.1 Å². The Hall–Kier alpha value is -3.22. The van der Waals surface area contributed by atoms with Gasteiger partial charge in [0, 0.05) is 6.42 Å². The van der Waals surface area contributed by atoms with Gasteiger partial charge in [-0.25, -0.2) is 4.79 Å². The minimum Gasteiger partial charge on any atom is -0.504 e. The van der Waals surface area contributed by atoms with E-state index in [2.05, 4.69) is 5.32 Å². The molecule has 7 nitrogen and oxygen atoms in total. The van der Waals surface area contributed by atoms with Gasteiger partial charge >= 0.3 is 6.09 Å². The third-order valence-corrected chi connectivity index (χ3v) is 3.33. The molecule has 0 radical (unpaired) electrons. The number of alkyl carbamates (subject to hydrolysis) is 1. The first kappa shape index (κ1) is 17.1. The van der Waals surface area contributed by atoms with Crippen LogP contribution in [0.4, 0.5) is 4.79 Å². The maximum atomic E-state index is 11.8. The number of phenols is 2. The van der Waals surface area contributed by atoms with Gasteiger partial charge in [-0.3, -0.25) is 4.79 Å². The highest BCUT2D eigenvalue weighted by atomic mass is 16.5. The van der Waals surface area contributed by atoms with Crippen molar-refractivity contribution in [1.82, 2.24) is 5.32 Å². The summed E-state index contributed by atoms with van der Waals surface area (Å²) in [6.45, 7) is 0.0676. The van der Waals surface area contributed by atoms with E-state index in [-0.39, 0.29) is 24.5 Å². The number of rotatable bonds is 6. The Balaban J connectivity index is 1.93. The first-order valence-electron chi connectivity index (χ1n) is 7.23. The Morgan fingerprint density at radius 3 is 2.38 bits per heavy atom. The molecule has 7 heteroatoms. The van der Waals surface area contributed by atoms with E-state index in [9.17, 15) is 19.8 Å². The highest BCUT2D eigenvalue weighted by Gasteiger charge is 2.20. The lowest BCUT2D eigenvalue weighted by Crippen LogP contribution is -2.46. The summed E-state index contributed by atoms with van der Waals surface area (Å²) >= 11 is 0. The first-order valence-corrected chi connectivity index (χ1v) is 7.23. The van der Waals surface area contributed by atoms with Gasteiger partial charge in [-0.15, -0.1) is 0 Å². The third-order valence-electron chi connectivity index (χ3n) is 3.33. The summed E-state index contributed by atoms with van der Waals surface area (Å²) in [6, 6.07) is 12.2. The van der Waals surface area contributed by atoms with E-state index in [0.29, 0.717) is 5.56 Å². The number of carbonyl (C=O) groups excluding carboxylic acids is 2. The molecule has 126 valence electrons. The van der Waals surface area contributed by atoms with Gasteiger partial charge in [0.25, 0.3) is 0 Å². The van der Waals surface area contributed by atoms with Crippen LogP contribution >= 0.6 is 0 Å². The molecule has 0 unspecified atom stereocenters. The summed E-state index contributed by atoms with van der Waals surface area (Å²) in [6.07, 6.45) is -0.713. The molecule has 2 aromatic rings. The number of nitrogens with two attached hydrogens (primary N) is 1.